The van der Waals surface area contributed by atoms with Crippen LogP contribution in [0, 0.1) is 11.2 Å². The number of rotatable bonds is 5. The van der Waals surface area contributed by atoms with E-state index in [0.29, 0.717) is 28.9 Å². The number of hydrogen-bond donors (Lipinski definition) is 2. The van der Waals surface area contributed by atoms with Gasteiger partial charge in [-0.3, -0.25) is 4.79 Å². The summed E-state index contributed by atoms with van der Waals surface area (Å²) in [6.07, 6.45) is 4.37. The molecule has 2 fully saturated rings. The number of carbonyl (C=O) groups excluding carboxylic acids is 1. The van der Waals surface area contributed by atoms with E-state index in [1.54, 1.807) is 25.3 Å². The number of hydrogen-bond acceptors (Lipinski definition) is 7. The van der Waals surface area contributed by atoms with Crippen molar-refractivity contribution in [3.63, 3.8) is 0 Å². The van der Waals surface area contributed by atoms with E-state index in [0.717, 1.165) is 31.5 Å². The summed E-state index contributed by atoms with van der Waals surface area (Å²) in [4.78, 5) is 31.2. The third-order valence-electron chi connectivity index (χ3n) is 6.30. The van der Waals surface area contributed by atoms with Crippen molar-refractivity contribution in [1.82, 2.24) is 19.9 Å². The van der Waals surface area contributed by atoms with Crippen LogP contribution in [-0.4, -0.2) is 52.1 Å². The van der Waals surface area contributed by atoms with Gasteiger partial charge in [-0.25, -0.2) is 19.3 Å². The Balaban J connectivity index is 1.51. The van der Waals surface area contributed by atoms with Crippen molar-refractivity contribution in [2.75, 3.05) is 31.2 Å². The maximum Gasteiger partial charge on any atom is 0.228 e. The number of halogens is 1. The lowest BCUT2D eigenvalue weighted by Crippen LogP contribution is -2.46. The molecule has 0 spiro atoms. The molecule has 4 heterocycles. The number of aromatic nitrogens is 4. The molecule has 2 saturated heterocycles. The number of primary amides is 1. The molecule has 3 aromatic rings. The zero-order valence-corrected chi connectivity index (χ0v) is 19.0. The molecule has 0 radical (unpaired) electrons. The molecule has 2 aliphatic heterocycles. The van der Waals surface area contributed by atoms with E-state index in [2.05, 4.69) is 14.9 Å². The third-order valence-corrected chi connectivity index (χ3v) is 6.30. The summed E-state index contributed by atoms with van der Waals surface area (Å²) < 4.78 is 25.2. The fourth-order valence-electron chi connectivity index (χ4n) is 4.15. The number of benzene rings is 1. The Morgan fingerprint density at radius 2 is 1.82 bits per heavy atom. The van der Waals surface area contributed by atoms with E-state index in [1.807, 2.05) is 6.07 Å². The van der Waals surface area contributed by atoms with Crippen LogP contribution >= 0.6 is 0 Å². The molecule has 34 heavy (non-hydrogen) atoms. The molecule has 178 valence electrons. The van der Waals surface area contributed by atoms with Gasteiger partial charge in [0.1, 0.15) is 5.82 Å². The first-order valence-electron chi connectivity index (χ1n) is 11.4. The number of nitrogens with zero attached hydrogens (tertiary/aromatic N) is 4. The number of aromatic amines is 1. The lowest BCUT2D eigenvalue weighted by molar-refractivity contribution is -0.230. The molecule has 1 aromatic carbocycles. The average molecular weight is 467 g/mol. The smallest absolute Gasteiger partial charge is 0.228 e. The van der Waals surface area contributed by atoms with Crippen LogP contribution in [0.3, 0.4) is 0 Å². The van der Waals surface area contributed by atoms with E-state index >= 15 is 0 Å². The largest absolute Gasteiger partial charge is 0.369 e. The van der Waals surface area contributed by atoms with Crippen LogP contribution in [0.4, 0.5) is 10.3 Å². The highest BCUT2D eigenvalue weighted by Crippen LogP contribution is 2.35. The van der Waals surface area contributed by atoms with Crippen molar-refractivity contribution in [2.45, 2.75) is 32.5 Å². The van der Waals surface area contributed by atoms with Crippen molar-refractivity contribution in [3.05, 3.63) is 48.2 Å². The van der Waals surface area contributed by atoms with Gasteiger partial charge < -0.3 is 25.1 Å². The number of ether oxygens (including phenoxy) is 2. The predicted molar refractivity (Wildman–Crippen MR) is 123 cm³/mol. The van der Waals surface area contributed by atoms with Gasteiger partial charge in [0.15, 0.2) is 5.82 Å². The number of imidazole rings is 1. The Morgan fingerprint density at radius 1 is 1.12 bits per heavy atom. The Bertz CT molecular complexity index is 1170. The predicted octanol–water partition coefficient (Wildman–Crippen LogP) is 3.20. The normalized spacial score (nSPS) is 23.1. The minimum Gasteiger partial charge on any atom is -0.369 e. The second-order valence-corrected chi connectivity index (χ2v) is 9.02. The molecule has 0 bridgehead atoms. The summed E-state index contributed by atoms with van der Waals surface area (Å²) in [5.41, 5.74) is 7.20. The molecule has 10 heteroatoms. The standard InChI is InChI=1S/C24H27FN6O3/c1-24(22(26)32)13-33-21(34-14-24)20-29-18(15-5-7-16(25)8-6-15)19(30-20)17-9-10-27-23(28-17)31-11-3-2-4-12-31/h5-10,21H,2-4,11-14H2,1H3,(H2,26,32)(H,29,30). The van der Waals surface area contributed by atoms with Gasteiger partial charge in [-0.15, -0.1) is 0 Å². The van der Waals surface area contributed by atoms with Gasteiger partial charge in [-0.2, -0.15) is 0 Å². The summed E-state index contributed by atoms with van der Waals surface area (Å²) in [7, 11) is 0. The van der Waals surface area contributed by atoms with Crippen LogP contribution in [0.15, 0.2) is 36.5 Å². The van der Waals surface area contributed by atoms with Crippen LogP contribution in [0.1, 0.15) is 38.3 Å². The van der Waals surface area contributed by atoms with E-state index in [4.69, 9.17) is 25.2 Å². The third kappa shape index (κ3) is 4.38. The lowest BCUT2D eigenvalue weighted by Gasteiger charge is -2.34. The topological polar surface area (TPSA) is 119 Å². The molecule has 2 aliphatic rings. The number of H-pyrrole nitrogens is 1. The molecule has 5 rings (SSSR count). The number of nitrogens with two attached hydrogens (primary N) is 1. The maximum atomic E-state index is 13.6. The Hall–Kier alpha value is -3.37. The quantitative estimate of drug-likeness (QED) is 0.593. The van der Waals surface area contributed by atoms with E-state index in [-0.39, 0.29) is 19.0 Å². The van der Waals surface area contributed by atoms with Crippen molar-refractivity contribution < 1.29 is 18.7 Å². The fraction of sp³-hybridized carbons (Fsp3) is 0.417. The van der Waals surface area contributed by atoms with Crippen LogP contribution in [-0.2, 0) is 14.3 Å². The first-order chi connectivity index (χ1) is 16.4. The molecule has 2 aromatic heterocycles. The Labute approximate surface area is 196 Å². The van der Waals surface area contributed by atoms with Gasteiger partial charge in [-0.1, -0.05) is 0 Å². The van der Waals surface area contributed by atoms with Crippen molar-refractivity contribution in [1.29, 1.82) is 0 Å². The second-order valence-electron chi connectivity index (χ2n) is 9.02. The number of piperidine rings is 1. The molecule has 3 N–H and O–H groups in total. The van der Waals surface area contributed by atoms with E-state index < -0.39 is 17.6 Å². The highest BCUT2D eigenvalue weighted by atomic mass is 19.1. The molecule has 9 nitrogen and oxygen atoms in total. The number of carbonyl (C=O) groups is 1. The molecule has 0 aliphatic carbocycles. The van der Waals surface area contributed by atoms with Crippen molar-refractivity contribution >= 4 is 11.9 Å². The number of anilines is 1. The average Bonchev–Trinajstić information content (AvgIpc) is 3.31. The fourth-order valence-corrected chi connectivity index (χ4v) is 4.15. The lowest BCUT2D eigenvalue weighted by atomic mass is 9.91. The molecule has 0 atom stereocenters. The first kappa shape index (κ1) is 22.4. The molecular weight excluding hydrogens is 439 g/mol. The molecular formula is C24H27FN6O3. The summed E-state index contributed by atoms with van der Waals surface area (Å²) in [6.45, 7) is 3.77. The van der Waals surface area contributed by atoms with Crippen molar-refractivity contribution in [2.24, 2.45) is 11.1 Å². The Kier molecular flexibility index (Phi) is 6.01. The zero-order valence-electron chi connectivity index (χ0n) is 19.0. The monoisotopic (exact) mass is 466 g/mol. The molecule has 0 saturated carbocycles. The minimum atomic E-state index is -0.901. The summed E-state index contributed by atoms with van der Waals surface area (Å²) in [5.74, 6) is 0.282. The summed E-state index contributed by atoms with van der Waals surface area (Å²) >= 11 is 0. The van der Waals surface area contributed by atoms with E-state index in [1.165, 1.54) is 18.6 Å². The van der Waals surface area contributed by atoms with Gasteiger partial charge >= 0.3 is 0 Å². The second kappa shape index (κ2) is 9.11. The SMILES string of the molecule is CC1(C(N)=O)COC(c2nc(-c3ccc(F)cc3)c(-c3ccnc(N4CCCCC4)n3)[nH]2)OC1. The van der Waals surface area contributed by atoms with Gasteiger partial charge in [0.05, 0.1) is 35.7 Å². The maximum absolute atomic E-state index is 13.6. The van der Waals surface area contributed by atoms with Gasteiger partial charge in [0.25, 0.3) is 0 Å². The van der Waals surface area contributed by atoms with Gasteiger partial charge in [0, 0.05) is 24.8 Å². The number of amides is 1. The number of nitrogens with one attached hydrogen (secondary N) is 1. The first-order valence-corrected chi connectivity index (χ1v) is 11.4. The zero-order chi connectivity index (χ0) is 23.7. The van der Waals surface area contributed by atoms with Crippen molar-refractivity contribution in [3.8, 4) is 22.6 Å². The van der Waals surface area contributed by atoms with Crippen LogP contribution in [0.2, 0.25) is 0 Å². The van der Waals surface area contributed by atoms with E-state index in [9.17, 15) is 9.18 Å². The van der Waals surface area contributed by atoms with Crippen LogP contribution < -0.4 is 10.6 Å². The van der Waals surface area contributed by atoms with Crippen LogP contribution in [0.25, 0.3) is 22.6 Å². The highest BCUT2D eigenvalue weighted by molar-refractivity contribution is 5.81. The minimum absolute atomic E-state index is 0.113. The van der Waals surface area contributed by atoms with Crippen LogP contribution in [0.5, 0.6) is 0 Å². The molecule has 1 amide bonds. The van der Waals surface area contributed by atoms with Gasteiger partial charge in [0.2, 0.25) is 18.1 Å². The summed E-state index contributed by atoms with van der Waals surface area (Å²) in [6, 6.07) is 7.91. The highest BCUT2D eigenvalue weighted by Gasteiger charge is 2.39. The van der Waals surface area contributed by atoms with Gasteiger partial charge in [-0.05, 0) is 56.5 Å². The summed E-state index contributed by atoms with van der Waals surface area (Å²) in [5, 5.41) is 0. The molecule has 0 unspecified atom stereocenters. The Morgan fingerprint density at radius 3 is 2.50 bits per heavy atom.